The van der Waals surface area contributed by atoms with Gasteiger partial charge in [-0.2, -0.15) is 0 Å². The molecule has 3 nitrogen and oxygen atoms in total. The van der Waals surface area contributed by atoms with E-state index in [4.69, 9.17) is 4.74 Å². The van der Waals surface area contributed by atoms with Gasteiger partial charge in [0.1, 0.15) is 5.60 Å². The molecule has 0 aromatic heterocycles. The smallest absolute Gasteiger partial charge is 0.438 e. The van der Waals surface area contributed by atoms with Crippen LogP contribution in [0.3, 0.4) is 0 Å². The minimum absolute atomic E-state index is 0.179. The third-order valence-corrected chi connectivity index (χ3v) is 3.05. The van der Waals surface area contributed by atoms with Crippen LogP contribution in [0, 0.1) is 5.41 Å². The molecule has 90 valence electrons. The number of hydrogen-bond acceptors (Lipinski definition) is 3. The lowest BCUT2D eigenvalue weighted by molar-refractivity contribution is -0.0425. The third-order valence-electron chi connectivity index (χ3n) is 3.05. The Morgan fingerprint density at radius 1 is 1.13 bits per heavy atom. The van der Waals surface area contributed by atoms with Crippen molar-refractivity contribution in [3.63, 3.8) is 0 Å². The summed E-state index contributed by atoms with van der Waals surface area (Å²) in [4.78, 5) is 11.1. The van der Waals surface area contributed by atoms with Crippen LogP contribution < -0.4 is 0 Å². The zero-order chi connectivity index (χ0) is 12.1. The van der Waals surface area contributed by atoms with Crippen LogP contribution in [-0.2, 0) is 9.47 Å². The van der Waals surface area contributed by atoms with Gasteiger partial charge in [0.2, 0.25) is 0 Å². The Labute approximate surface area is 93.1 Å². The molecule has 0 radical (unpaired) electrons. The summed E-state index contributed by atoms with van der Waals surface area (Å²) in [6, 6.07) is 0. The second-order valence-electron chi connectivity index (χ2n) is 5.05. The zero-order valence-electron chi connectivity index (χ0n) is 10.8. The molecule has 3 heteroatoms. The fourth-order valence-electron chi connectivity index (χ4n) is 1.61. The summed E-state index contributed by atoms with van der Waals surface area (Å²) in [6.07, 6.45) is 2.12. The van der Waals surface area contributed by atoms with Gasteiger partial charge in [-0.25, -0.2) is 4.79 Å². The standard InChI is InChI=1S/C12H24O3/c1-7-11(3,4)9-12(5,8-2)15-10(13)14-6/h7-9H2,1-6H3. The molecule has 0 aliphatic rings. The van der Waals surface area contributed by atoms with Gasteiger partial charge < -0.3 is 9.47 Å². The Bertz CT molecular complexity index is 211. The number of rotatable bonds is 5. The Morgan fingerprint density at radius 3 is 2.00 bits per heavy atom. The molecule has 0 aromatic rings. The Hall–Kier alpha value is -0.730. The van der Waals surface area contributed by atoms with E-state index in [0.29, 0.717) is 0 Å². The number of ether oxygens (including phenoxy) is 2. The quantitative estimate of drug-likeness (QED) is 0.656. The van der Waals surface area contributed by atoms with Gasteiger partial charge in [0, 0.05) is 0 Å². The van der Waals surface area contributed by atoms with Gasteiger partial charge >= 0.3 is 6.16 Å². The Morgan fingerprint density at radius 2 is 1.67 bits per heavy atom. The van der Waals surface area contributed by atoms with Crippen LogP contribution >= 0.6 is 0 Å². The van der Waals surface area contributed by atoms with Crippen LogP contribution in [0.15, 0.2) is 0 Å². The normalized spacial score (nSPS) is 15.6. The maximum Gasteiger partial charge on any atom is 0.508 e. The molecule has 0 spiro atoms. The highest BCUT2D eigenvalue weighted by atomic mass is 16.7. The molecule has 15 heavy (non-hydrogen) atoms. The Kier molecular flexibility index (Phi) is 5.12. The van der Waals surface area contributed by atoms with Crippen molar-refractivity contribution in [1.82, 2.24) is 0 Å². The van der Waals surface area contributed by atoms with Crippen molar-refractivity contribution in [2.24, 2.45) is 5.41 Å². The van der Waals surface area contributed by atoms with Crippen LogP contribution in [0.1, 0.15) is 53.9 Å². The SMILES string of the molecule is CCC(C)(C)CC(C)(CC)OC(=O)OC. The van der Waals surface area contributed by atoms with Gasteiger partial charge in [0.15, 0.2) is 0 Å². The van der Waals surface area contributed by atoms with Crippen molar-refractivity contribution in [1.29, 1.82) is 0 Å². The number of carbonyl (C=O) groups is 1. The monoisotopic (exact) mass is 216 g/mol. The maximum atomic E-state index is 11.1. The van der Waals surface area contributed by atoms with Crippen LogP contribution in [0.2, 0.25) is 0 Å². The van der Waals surface area contributed by atoms with E-state index in [1.807, 2.05) is 13.8 Å². The predicted octanol–water partition coefficient (Wildman–Crippen LogP) is 3.76. The first-order valence-electron chi connectivity index (χ1n) is 5.55. The van der Waals surface area contributed by atoms with E-state index in [1.165, 1.54) is 7.11 Å². The van der Waals surface area contributed by atoms with Gasteiger partial charge in [-0.15, -0.1) is 0 Å². The van der Waals surface area contributed by atoms with Crippen LogP contribution in [0.4, 0.5) is 4.79 Å². The van der Waals surface area contributed by atoms with Crippen molar-refractivity contribution in [3.8, 4) is 0 Å². The van der Waals surface area contributed by atoms with Crippen LogP contribution in [-0.4, -0.2) is 18.9 Å². The molecular formula is C12H24O3. The van der Waals surface area contributed by atoms with Crippen LogP contribution in [0.25, 0.3) is 0 Å². The molecule has 0 heterocycles. The lowest BCUT2D eigenvalue weighted by Crippen LogP contribution is -2.36. The molecule has 0 bridgehead atoms. The lowest BCUT2D eigenvalue weighted by Gasteiger charge is -2.35. The molecule has 1 atom stereocenters. The van der Waals surface area contributed by atoms with Gasteiger partial charge in [-0.1, -0.05) is 34.1 Å². The topological polar surface area (TPSA) is 35.5 Å². The molecule has 0 aliphatic carbocycles. The van der Waals surface area contributed by atoms with E-state index < -0.39 is 11.8 Å². The molecule has 0 aliphatic heterocycles. The highest BCUT2D eigenvalue weighted by molar-refractivity contribution is 5.60. The van der Waals surface area contributed by atoms with Gasteiger partial charge in [0.25, 0.3) is 0 Å². The highest BCUT2D eigenvalue weighted by Gasteiger charge is 2.33. The van der Waals surface area contributed by atoms with Crippen molar-refractivity contribution >= 4 is 6.16 Å². The third kappa shape index (κ3) is 5.05. The second-order valence-corrected chi connectivity index (χ2v) is 5.05. The molecule has 0 fully saturated rings. The highest BCUT2D eigenvalue weighted by Crippen LogP contribution is 2.35. The average molecular weight is 216 g/mol. The fourth-order valence-corrected chi connectivity index (χ4v) is 1.61. The van der Waals surface area contributed by atoms with Gasteiger partial charge in [0.05, 0.1) is 7.11 Å². The first-order valence-corrected chi connectivity index (χ1v) is 5.55. The molecule has 0 rings (SSSR count). The maximum absolute atomic E-state index is 11.1. The summed E-state index contributed by atoms with van der Waals surface area (Å²) in [6.45, 7) is 10.5. The number of methoxy groups -OCH3 is 1. The van der Waals surface area contributed by atoms with E-state index in [2.05, 4.69) is 25.5 Å². The fraction of sp³-hybridized carbons (Fsp3) is 0.917. The van der Waals surface area contributed by atoms with E-state index in [0.717, 1.165) is 19.3 Å². The van der Waals surface area contributed by atoms with Crippen molar-refractivity contribution in [3.05, 3.63) is 0 Å². The average Bonchev–Trinajstić information content (AvgIpc) is 2.17. The number of hydrogen-bond donors (Lipinski definition) is 0. The van der Waals surface area contributed by atoms with Gasteiger partial charge in [-0.3, -0.25) is 0 Å². The largest absolute Gasteiger partial charge is 0.508 e. The first-order chi connectivity index (χ1) is 6.78. The summed E-state index contributed by atoms with van der Waals surface area (Å²) >= 11 is 0. The molecule has 1 unspecified atom stereocenters. The molecule has 0 saturated heterocycles. The van der Waals surface area contributed by atoms with Crippen molar-refractivity contribution < 1.29 is 14.3 Å². The Balaban J connectivity index is 4.50. The summed E-state index contributed by atoms with van der Waals surface area (Å²) in [7, 11) is 1.34. The van der Waals surface area contributed by atoms with E-state index >= 15 is 0 Å². The minimum atomic E-state index is -0.591. The molecule has 0 amide bonds. The van der Waals surface area contributed by atoms with E-state index in [1.54, 1.807) is 0 Å². The van der Waals surface area contributed by atoms with Crippen molar-refractivity contribution in [2.75, 3.05) is 7.11 Å². The van der Waals surface area contributed by atoms with Gasteiger partial charge in [-0.05, 0) is 25.2 Å². The van der Waals surface area contributed by atoms with E-state index in [9.17, 15) is 4.79 Å². The van der Waals surface area contributed by atoms with E-state index in [-0.39, 0.29) is 5.41 Å². The predicted molar refractivity (Wildman–Crippen MR) is 60.9 cm³/mol. The summed E-state index contributed by atoms with van der Waals surface area (Å²) < 4.78 is 9.85. The molecule has 0 saturated carbocycles. The first kappa shape index (κ1) is 14.3. The second kappa shape index (κ2) is 5.38. The van der Waals surface area contributed by atoms with Crippen LogP contribution in [0.5, 0.6) is 0 Å². The van der Waals surface area contributed by atoms with Crippen molar-refractivity contribution in [2.45, 2.75) is 59.5 Å². The molecule has 0 N–H and O–H groups in total. The lowest BCUT2D eigenvalue weighted by atomic mass is 9.78. The molecule has 0 aromatic carbocycles. The summed E-state index contributed by atoms with van der Waals surface area (Å²) in [5.74, 6) is 0. The minimum Gasteiger partial charge on any atom is -0.438 e. The molecular weight excluding hydrogens is 192 g/mol. The summed E-state index contributed by atoms with van der Waals surface area (Å²) in [5.41, 5.74) is -0.245. The number of carbonyl (C=O) groups excluding carboxylic acids is 1. The zero-order valence-corrected chi connectivity index (χ0v) is 10.8. The summed E-state index contributed by atoms with van der Waals surface area (Å²) in [5, 5.41) is 0.